The lowest BCUT2D eigenvalue weighted by Gasteiger charge is -2.15. The van der Waals surface area contributed by atoms with Crippen LogP contribution in [0.4, 0.5) is 13.2 Å². The molecule has 0 radical (unpaired) electrons. The molecule has 2 rings (SSSR count). The predicted octanol–water partition coefficient (Wildman–Crippen LogP) is 3.96. The maximum atomic E-state index is 13.7. The summed E-state index contributed by atoms with van der Waals surface area (Å²) in [4.78, 5) is 0. The molecule has 1 atom stereocenters. The van der Waals surface area contributed by atoms with E-state index in [-0.39, 0.29) is 5.56 Å². The molecule has 2 aromatic carbocycles. The summed E-state index contributed by atoms with van der Waals surface area (Å²) in [5.41, 5.74) is 9.01. The summed E-state index contributed by atoms with van der Waals surface area (Å²) in [5.74, 6) is -3.88. The molecular formula is C16H16F3N. The molecule has 0 aliphatic carbocycles. The highest BCUT2D eigenvalue weighted by Gasteiger charge is 2.19. The van der Waals surface area contributed by atoms with Crippen LogP contribution in [-0.2, 0) is 6.42 Å². The van der Waals surface area contributed by atoms with Crippen LogP contribution in [0, 0.1) is 31.3 Å². The number of halogens is 3. The highest BCUT2D eigenvalue weighted by molar-refractivity contribution is 5.33. The summed E-state index contributed by atoms with van der Waals surface area (Å²) < 4.78 is 39.8. The van der Waals surface area contributed by atoms with Crippen molar-refractivity contribution in [1.29, 1.82) is 0 Å². The van der Waals surface area contributed by atoms with Gasteiger partial charge in [-0.15, -0.1) is 0 Å². The molecule has 0 aromatic heterocycles. The minimum Gasteiger partial charge on any atom is -0.324 e. The largest absolute Gasteiger partial charge is 0.324 e. The quantitative estimate of drug-likeness (QED) is 0.845. The molecule has 0 saturated carbocycles. The van der Waals surface area contributed by atoms with Crippen molar-refractivity contribution in [3.63, 3.8) is 0 Å². The summed E-state index contributed by atoms with van der Waals surface area (Å²) in [6.45, 7) is 3.88. The van der Waals surface area contributed by atoms with Gasteiger partial charge in [-0.25, -0.2) is 13.2 Å². The average Bonchev–Trinajstić information content (AvgIpc) is 2.40. The molecule has 4 heteroatoms. The molecular weight excluding hydrogens is 263 g/mol. The van der Waals surface area contributed by atoms with E-state index in [9.17, 15) is 13.2 Å². The first-order chi connectivity index (χ1) is 9.40. The minimum absolute atomic E-state index is 0.00944. The van der Waals surface area contributed by atoms with Crippen LogP contribution < -0.4 is 5.73 Å². The number of hydrogen-bond acceptors (Lipinski definition) is 1. The number of aryl methyl sites for hydroxylation is 2. The van der Waals surface area contributed by atoms with Crippen LogP contribution in [0.15, 0.2) is 30.3 Å². The second-order valence-electron chi connectivity index (χ2n) is 5.01. The van der Waals surface area contributed by atoms with Crippen LogP contribution in [0.2, 0.25) is 0 Å². The van der Waals surface area contributed by atoms with Crippen LogP contribution in [0.1, 0.15) is 28.3 Å². The van der Waals surface area contributed by atoms with Gasteiger partial charge in [-0.2, -0.15) is 0 Å². The Kier molecular flexibility index (Phi) is 4.14. The summed E-state index contributed by atoms with van der Waals surface area (Å²) in [6, 6.07) is 7.28. The van der Waals surface area contributed by atoms with E-state index in [0.29, 0.717) is 6.42 Å². The standard InChI is InChI=1S/C16H16F3N/c1-9-3-4-10(2)11(7-9)8-14(20)12-5-6-13(17)16(19)15(12)18/h3-7,14H,8,20H2,1-2H3. The van der Waals surface area contributed by atoms with Crippen molar-refractivity contribution in [3.8, 4) is 0 Å². The fraction of sp³-hybridized carbons (Fsp3) is 0.250. The molecule has 0 heterocycles. The highest BCUT2D eigenvalue weighted by Crippen LogP contribution is 2.24. The van der Waals surface area contributed by atoms with Crippen LogP contribution in [0.25, 0.3) is 0 Å². The summed E-state index contributed by atoms with van der Waals surface area (Å²) in [6.07, 6.45) is 0.371. The van der Waals surface area contributed by atoms with Crippen molar-refractivity contribution < 1.29 is 13.2 Å². The smallest absolute Gasteiger partial charge is 0.194 e. The third-order valence-electron chi connectivity index (χ3n) is 3.41. The third-order valence-corrected chi connectivity index (χ3v) is 3.41. The second-order valence-corrected chi connectivity index (χ2v) is 5.01. The SMILES string of the molecule is Cc1ccc(C)c(CC(N)c2ccc(F)c(F)c2F)c1. The van der Waals surface area contributed by atoms with Gasteiger partial charge in [0.2, 0.25) is 0 Å². The second kappa shape index (κ2) is 5.67. The van der Waals surface area contributed by atoms with Gasteiger partial charge in [0, 0.05) is 11.6 Å². The predicted molar refractivity (Wildman–Crippen MR) is 72.9 cm³/mol. The number of nitrogens with two attached hydrogens (primary N) is 1. The Morgan fingerprint density at radius 1 is 1.00 bits per heavy atom. The third kappa shape index (κ3) is 2.85. The van der Waals surface area contributed by atoms with E-state index in [1.807, 2.05) is 32.0 Å². The molecule has 1 unspecified atom stereocenters. The lowest BCUT2D eigenvalue weighted by molar-refractivity contribution is 0.435. The fourth-order valence-electron chi connectivity index (χ4n) is 2.19. The van der Waals surface area contributed by atoms with Gasteiger partial charge in [0.15, 0.2) is 17.5 Å². The van der Waals surface area contributed by atoms with E-state index < -0.39 is 23.5 Å². The molecule has 0 fully saturated rings. The van der Waals surface area contributed by atoms with Crippen molar-refractivity contribution in [1.82, 2.24) is 0 Å². The Morgan fingerprint density at radius 3 is 2.40 bits per heavy atom. The van der Waals surface area contributed by atoms with E-state index in [1.54, 1.807) is 0 Å². The van der Waals surface area contributed by atoms with Crippen LogP contribution in [-0.4, -0.2) is 0 Å². The molecule has 106 valence electrons. The zero-order valence-corrected chi connectivity index (χ0v) is 11.4. The lowest BCUT2D eigenvalue weighted by atomic mass is 9.95. The van der Waals surface area contributed by atoms with E-state index in [4.69, 9.17) is 5.73 Å². The van der Waals surface area contributed by atoms with Crippen molar-refractivity contribution in [2.24, 2.45) is 5.73 Å². The molecule has 0 bridgehead atoms. The Labute approximate surface area is 116 Å². The molecule has 0 spiro atoms. The van der Waals surface area contributed by atoms with Gasteiger partial charge in [0.1, 0.15) is 0 Å². The van der Waals surface area contributed by atoms with Crippen molar-refractivity contribution in [2.75, 3.05) is 0 Å². The van der Waals surface area contributed by atoms with Gasteiger partial charge in [-0.05, 0) is 37.5 Å². The van der Waals surface area contributed by atoms with Gasteiger partial charge in [-0.3, -0.25) is 0 Å². The Balaban J connectivity index is 2.31. The zero-order chi connectivity index (χ0) is 14.9. The zero-order valence-electron chi connectivity index (χ0n) is 11.4. The molecule has 20 heavy (non-hydrogen) atoms. The first kappa shape index (κ1) is 14.6. The highest BCUT2D eigenvalue weighted by atomic mass is 19.2. The first-order valence-corrected chi connectivity index (χ1v) is 6.35. The van der Waals surface area contributed by atoms with Crippen LogP contribution in [0.5, 0.6) is 0 Å². The summed E-state index contributed by atoms with van der Waals surface area (Å²) in [5, 5.41) is 0. The first-order valence-electron chi connectivity index (χ1n) is 6.35. The van der Waals surface area contributed by atoms with Crippen LogP contribution >= 0.6 is 0 Å². The van der Waals surface area contributed by atoms with Gasteiger partial charge in [-0.1, -0.05) is 29.8 Å². The topological polar surface area (TPSA) is 26.0 Å². The number of rotatable bonds is 3. The van der Waals surface area contributed by atoms with E-state index in [2.05, 4.69) is 0 Å². The summed E-state index contributed by atoms with van der Waals surface area (Å²) >= 11 is 0. The maximum absolute atomic E-state index is 13.7. The van der Waals surface area contributed by atoms with Gasteiger partial charge >= 0.3 is 0 Å². The van der Waals surface area contributed by atoms with E-state index >= 15 is 0 Å². The molecule has 0 saturated heterocycles. The van der Waals surface area contributed by atoms with E-state index in [1.165, 1.54) is 6.07 Å². The molecule has 2 aromatic rings. The van der Waals surface area contributed by atoms with Crippen LogP contribution in [0.3, 0.4) is 0 Å². The van der Waals surface area contributed by atoms with Gasteiger partial charge in [0.25, 0.3) is 0 Å². The minimum atomic E-state index is -1.47. The van der Waals surface area contributed by atoms with Crippen molar-refractivity contribution in [3.05, 3.63) is 70.0 Å². The molecule has 0 aliphatic heterocycles. The average molecular weight is 279 g/mol. The fourth-order valence-corrected chi connectivity index (χ4v) is 2.19. The van der Waals surface area contributed by atoms with E-state index in [0.717, 1.165) is 22.8 Å². The maximum Gasteiger partial charge on any atom is 0.194 e. The molecule has 0 aliphatic rings. The van der Waals surface area contributed by atoms with Crippen molar-refractivity contribution in [2.45, 2.75) is 26.3 Å². The van der Waals surface area contributed by atoms with Gasteiger partial charge < -0.3 is 5.73 Å². The number of benzene rings is 2. The monoisotopic (exact) mass is 279 g/mol. The molecule has 0 amide bonds. The normalized spacial score (nSPS) is 12.5. The van der Waals surface area contributed by atoms with Crippen molar-refractivity contribution >= 4 is 0 Å². The summed E-state index contributed by atoms with van der Waals surface area (Å²) in [7, 11) is 0. The Morgan fingerprint density at radius 2 is 1.70 bits per heavy atom. The van der Waals surface area contributed by atoms with Gasteiger partial charge in [0.05, 0.1) is 0 Å². The lowest BCUT2D eigenvalue weighted by Crippen LogP contribution is -2.17. The molecule has 2 N–H and O–H groups in total. The number of hydrogen-bond donors (Lipinski definition) is 1. The Bertz CT molecular complexity index is 638. The molecule has 1 nitrogen and oxygen atoms in total. The Hall–Kier alpha value is -1.81.